The van der Waals surface area contributed by atoms with Gasteiger partial charge in [0.05, 0.1) is 10.6 Å². The second-order valence-corrected chi connectivity index (χ2v) is 7.65. The maximum atomic E-state index is 12.6. The Balaban J connectivity index is 1.64. The lowest BCUT2D eigenvalue weighted by Gasteiger charge is -2.12. The molecule has 1 aliphatic heterocycles. The van der Waals surface area contributed by atoms with Crippen LogP contribution in [-0.4, -0.2) is 25.7 Å². The summed E-state index contributed by atoms with van der Waals surface area (Å²) in [7, 11) is 0. The molecule has 0 fully saturated rings. The van der Waals surface area contributed by atoms with Gasteiger partial charge in [-0.25, -0.2) is 4.98 Å². The average molecular weight is 416 g/mol. The number of carbonyl (C=O) groups is 1. The van der Waals surface area contributed by atoms with E-state index in [4.69, 9.17) is 23.2 Å². The lowest BCUT2D eigenvalue weighted by Crippen LogP contribution is -2.13. The highest BCUT2D eigenvalue weighted by molar-refractivity contribution is 6.41. The molecule has 0 atom stereocenters. The molecule has 1 amide bonds. The summed E-state index contributed by atoms with van der Waals surface area (Å²) in [5.41, 5.74) is 2.92. The number of fused-ring (bicyclic) bond motifs is 1. The molecule has 1 aromatic carbocycles. The first-order valence-electron chi connectivity index (χ1n) is 9.18. The van der Waals surface area contributed by atoms with Gasteiger partial charge in [-0.2, -0.15) is 0 Å². The second kappa shape index (κ2) is 7.89. The number of carbonyl (C=O) groups excluding carboxylic acids is 1. The quantitative estimate of drug-likeness (QED) is 0.615. The molecule has 3 heterocycles. The summed E-state index contributed by atoms with van der Waals surface area (Å²) in [4.78, 5) is 16.5. The minimum Gasteiger partial charge on any atom is -0.322 e. The number of hydrogen-bond donors (Lipinski definition) is 1. The van der Waals surface area contributed by atoms with Gasteiger partial charge in [0.2, 0.25) is 0 Å². The molecule has 0 aliphatic carbocycles. The molecule has 1 aliphatic rings. The van der Waals surface area contributed by atoms with Crippen LogP contribution < -0.4 is 5.32 Å². The standard InChI is InChI=1S/C20H19Cl2N5O/c1-12-6-7-13(19-26-25-17-5-3-2-4-8-27(17)19)10-16(12)24-20(28)14-9-15(21)18(22)23-11-14/h6-7,9-11H,2-5,8H2,1H3,(H,24,28). The minimum absolute atomic E-state index is 0.170. The van der Waals surface area contributed by atoms with Crippen LogP contribution in [0, 0.1) is 6.92 Å². The molecular weight excluding hydrogens is 397 g/mol. The molecule has 0 spiro atoms. The van der Waals surface area contributed by atoms with E-state index >= 15 is 0 Å². The van der Waals surface area contributed by atoms with Crippen LogP contribution in [0.25, 0.3) is 11.4 Å². The SMILES string of the molecule is Cc1ccc(-c2nnc3n2CCCCC3)cc1NC(=O)c1cnc(Cl)c(Cl)c1. The molecule has 28 heavy (non-hydrogen) atoms. The van der Waals surface area contributed by atoms with E-state index in [1.165, 1.54) is 18.7 Å². The molecule has 0 radical (unpaired) electrons. The van der Waals surface area contributed by atoms with Crippen molar-refractivity contribution in [2.75, 3.05) is 5.32 Å². The fourth-order valence-electron chi connectivity index (χ4n) is 3.33. The van der Waals surface area contributed by atoms with E-state index in [2.05, 4.69) is 25.1 Å². The van der Waals surface area contributed by atoms with Gasteiger partial charge in [0, 0.05) is 30.4 Å². The van der Waals surface area contributed by atoms with Gasteiger partial charge in [0.25, 0.3) is 5.91 Å². The zero-order valence-electron chi connectivity index (χ0n) is 15.4. The number of pyridine rings is 1. The normalized spacial score (nSPS) is 13.7. The molecule has 4 rings (SSSR count). The Labute approximate surface area is 172 Å². The molecule has 0 unspecified atom stereocenters. The number of benzene rings is 1. The predicted octanol–water partition coefficient (Wildman–Crippen LogP) is 4.93. The van der Waals surface area contributed by atoms with Gasteiger partial charge in [-0.15, -0.1) is 10.2 Å². The highest BCUT2D eigenvalue weighted by Gasteiger charge is 2.17. The molecule has 6 nitrogen and oxygen atoms in total. The third kappa shape index (κ3) is 3.75. The summed E-state index contributed by atoms with van der Waals surface area (Å²) >= 11 is 11.8. The van der Waals surface area contributed by atoms with Crippen molar-refractivity contribution in [3.8, 4) is 11.4 Å². The van der Waals surface area contributed by atoms with Crippen molar-refractivity contribution in [2.24, 2.45) is 0 Å². The molecular formula is C20H19Cl2N5O. The number of hydrogen-bond acceptors (Lipinski definition) is 4. The first-order valence-corrected chi connectivity index (χ1v) is 9.94. The van der Waals surface area contributed by atoms with E-state index < -0.39 is 0 Å². The summed E-state index contributed by atoms with van der Waals surface area (Å²) < 4.78 is 2.19. The predicted molar refractivity (Wildman–Crippen MR) is 110 cm³/mol. The zero-order chi connectivity index (χ0) is 19.7. The molecule has 0 saturated heterocycles. The number of aryl methyl sites for hydroxylation is 2. The highest BCUT2D eigenvalue weighted by atomic mass is 35.5. The smallest absolute Gasteiger partial charge is 0.257 e. The van der Waals surface area contributed by atoms with Crippen LogP contribution >= 0.6 is 23.2 Å². The van der Waals surface area contributed by atoms with Crippen LogP contribution in [-0.2, 0) is 13.0 Å². The molecule has 3 aromatic rings. The fourth-order valence-corrected chi connectivity index (χ4v) is 3.60. The molecule has 2 aromatic heterocycles. The Morgan fingerprint density at radius 2 is 2.00 bits per heavy atom. The van der Waals surface area contributed by atoms with Crippen molar-refractivity contribution in [1.29, 1.82) is 0 Å². The Kier molecular flexibility index (Phi) is 5.33. The number of aromatic nitrogens is 4. The summed E-state index contributed by atoms with van der Waals surface area (Å²) in [6.07, 6.45) is 5.83. The van der Waals surface area contributed by atoms with E-state index in [0.29, 0.717) is 11.3 Å². The molecule has 0 saturated carbocycles. The van der Waals surface area contributed by atoms with E-state index in [1.807, 2.05) is 25.1 Å². The molecule has 8 heteroatoms. The van der Waals surface area contributed by atoms with Gasteiger partial charge < -0.3 is 9.88 Å². The maximum absolute atomic E-state index is 12.6. The van der Waals surface area contributed by atoms with E-state index in [-0.39, 0.29) is 16.1 Å². The van der Waals surface area contributed by atoms with E-state index in [0.717, 1.165) is 48.6 Å². The van der Waals surface area contributed by atoms with Crippen molar-refractivity contribution in [1.82, 2.24) is 19.7 Å². The first kappa shape index (κ1) is 18.9. The Morgan fingerprint density at radius 3 is 2.82 bits per heavy atom. The van der Waals surface area contributed by atoms with E-state index in [9.17, 15) is 4.79 Å². The van der Waals surface area contributed by atoms with Crippen LogP contribution in [0.1, 0.15) is 41.0 Å². The third-order valence-electron chi connectivity index (χ3n) is 4.91. The van der Waals surface area contributed by atoms with Gasteiger partial charge in [-0.3, -0.25) is 4.79 Å². The van der Waals surface area contributed by atoms with Gasteiger partial charge in [0.1, 0.15) is 11.0 Å². The number of nitrogens with one attached hydrogen (secondary N) is 1. The summed E-state index contributed by atoms with van der Waals surface area (Å²) in [6.45, 7) is 2.86. The van der Waals surface area contributed by atoms with Gasteiger partial charge >= 0.3 is 0 Å². The molecule has 1 N–H and O–H groups in total. The average Bonchev–Trinajstić information content (AvgIpc) is 2.94. The molecule has 0 bridgehead atoms. The number of rotatable bonds is 3. The van der Waals surface area contributed by atoms with Crippen molar-refractivity contribution < 1.29 is 4.79 Å². The highest BCUT2D eigenvalue weighted by Crippen LogP contribution is 2.27. The Hall–Kier alpha value is -2.44. The number of nitrogens with zero attached hydrogens (tertiary/aromatic N) is 4. The Bertz CT molecular complexity index is 1050. The van der Waals surface area contributed by atoms with Crippen LogP contribution in [0.4, 0.5) is 5.69 Å². The minimum atomic E-state index is -0.300. The second-order valence-electron chi connectivity index (χ2n) is 6.88. The van der Waals surface area contributed by atoms with E-state index in [1.54, 1.807) is 0 Å². The number of amides is 1. The van der Waals surface area contributed by atoms with Crippen molar-refractivity contribution >= 4 is 34.8 Å². The van der Waals surface area contributed by atoms with Crippen LogP contribution in [0.15, 0.2) is 30.5 Å². The summed E-state index contributed by atoms with van der Waals surface area (Å²) in [6, 6.07) is 7.41. The lowest BCUT2D eigenvalue weighted by molar-refractivity contribution is 0.102. The number of anilines is 1. The summed E-state index contributed by atoms with van der Waals surface area (Å²) in [5, 5.41) is 12.1. The zero-order valence-corrected chi connectivity index (χ0v) is 16.9. The lowest BCUT2D eigenvalue weighted by atomic mass is 10.1. The third-order valence-corrected chi connectivity index (χ3v) is 5.60. The monoisotopic (exact) mass is 415 g/mol. The Morgan fingerprint density at radius 1 is 1.14 bits per heavy atom. The fraction of sp³-hybridized carbons (Fsp3) is 0.300. The number of halogens is 2. The largest absolute Gasteiger partial charge is 0.322 e. The van der Waals surface area contributed by atoms with Crippen LogP contribution in [0.2, 0.25) is 10.2 Å². The van der Waals surface area contributed by atoms with Crippen LogP contribution in [0.5, 0.6) is 0 Å². The van der Waals surface area contributed by atoms with Crippen LogP contribution in [0.3, 0.4) is 0 Å². The molecule has 144 valence electrons. The maximum Gasteiger partial charge on any atom is 0.257 e. The first-order chi connectivity index (χ1) is 13.5. The van der Waals surface area contributed by atoms with Gasteiger partial charge in [-0.1, -0.05) is 41.8 Å². The topological polar surface area (TPSA) is 72.7 Å². The van der Waals surface area contributed by atoms with Gasteiger partial charge in [-0.05, 0) is 37.5 Å². The van der Waals surface area contributed by atoms with Gasteiger partial charge in [0.15, 0.2) is 5.82 Å². The van der Waals surface area contributed by atoms with Crippen molar-refractivity contribution in [3.05, 3.63) is 57.6 Å². The summed E-state index contributed by atoms with van der Waals surface area (Å²) in [5.74, 6) is 1.57. The van der Waals surface area contributed by atoms with Crippen molar-refractivity contribution in [2.45, 2.75) is 39.2 Å². The van der Waals surface area contributed by atoms with Crippen molar-refractivity contribution in [3.63, 3.8) is 0 Å².